The van der Waals surface area contributed by atoms with Crippen molar-refractivity contribution in [1.29, 1.82) is 0 Å². The number of amides is 3. The fourth-order valence-electron chi connectivity index (χ4n) is 2.83. The van der Waals surface area contributed by atoms with Gasteiger partial charge in [-0.05, 0) is 24.6 Å². The van der Waals surface area contributed by atoms with Crippen molar-refractivity contribution < 1.29 is 18.8 Å². The molecule has 6 nitrogen and oxygen atoms in total. The Morgan fingerprint density at radius 3 is 2.77 bits per heavy atom. The van der Waals surface area contributed by atoms with Gasteiger partial charge in [0, 0.05) is 37.7 Å². The molecule has 0 spiro atoms. The third-order valence-corrected chi connectivity index (χ3v) is 4.06. The highest BCUT2D eigenvalue weighted by Gasteiger charge is 2.28. The fourth-order valence-corrected chi connectivity index (χ4v) is 2.83. The Morgan fingerprint density at radius 2 is 2.09 bits per heavy atom. The maximum Gasteiger partial charge on any atom is 0.328 e. The van der Waals surface area contributed by atoms with E-state index in [2.05, 4.69) is 5.32 Å². The molecule has 1 N–H and O–H groups in total. The average molecular weight is 305 g/mol. The van der Waals surface area contributed by atoms with Gasteiger partial charge in [0.05, 0.1) is 5.69 Å². The number of carbonyl (C=O) groups excluding carboxylic acids is 3. The molecule has 0 aliphatic carbocycles. The number of benzene rings is 1. The summed E-state index contributed by atoms with van der Waals surface area (Å²) in [4.78, 5) is 37.1. The normalized spacial score (nSPS) is 22.0. The van der Waals surface area contributed by atoms with Crippen LogP contribution in [0.3, 0.4) is 0 Å². The van der Waals surface area contributed by atoms with Gasteiger partial charge in [-0.15, -0.1) is 0 Å². The molecule has 1 aromatic carbocycles. The molecular weight excluding hydrogens is 289 g/mol. The Balaban J connectivity index is 1.86. The van der Waals surface area contributed by atoms with E-state index in [1.165, 1.54) is 11.0 Å². The van der Waals surface area contributed by atoms with E-state index in [0.29, 0.717) is 6.54 Å². The van der Waals surface area contributed by atoms with Crippen LogP contribution in [0.15, 0.2) is 18.2 Å². The van der Waals surface area contributed by atoms with E-state index in [1.807, 2.05) is 4.90 Å². The quantitative estimate of drug-likeness (QED) is 0.855. The Hall–Kier alpha value is -2.44. The lowest BCUT2D eigenvalue weighted by Crippen LogP contribution is -2.49. The molecule has 1 aromatic rings. The molecular formula is C15H16FN3O3. The molecule has 0 aromatic heterocycles. The second kappa shape index (κ2) is 5.75. The molecule has 2 heterocycles. The second-order valence-corrected chi connectivity index (χ2v) is 5.52. The van der Waals surface area contributed by atoms with E-state index in [0.717, 1.165) is 24.9 Å². The lowest BCUT2D eigenvalue weighted by molar-refractivity contribution is -0.120. The first kappa shape index (κ1) is 14.5. The number of aldehydes is 1. The summed E-state index contributed by atoms with van der Waals surface area (Å²) >= 11 is 0. The summed E-state index contributed by atoms with van der Waals surface area (Å²) in [6, 6.07) is 3.93. The molecule has 1 atom stereocenters. The van der Waals surface area contributed by atoms with Crippen molar-refractivity contribution >= 4 is 29.6 Å². The van der Waals surface area contributed by atoms with Crippen molar-refractivity contribution in [3.05, 3.63) is 24.0 Å². The van der Waals surface area contributed by atoms with Crippen LogP contribution in [0, 0.1) is 11.7 Å². The molecule has 7 heteroatoms. The number of hydrogen-bond acceptors (Lipinski definition) is 4. The average Bonchev–Trinajstić information content (AvgIpc) is 2.97. The Kier molecular flexibility index (Phi) is 3.79. The van der Waals surface area contributed by atoms with Gasteiger partial charge in [0.25, 0.3) is 0 Å². The molecule has 1 unspecified atom stereocenters. The van der Waals surface area contributed by atoms with Crippen molar-refractivity contribution in [2.45, 2.75) is 12.8 Å². The van der Waals surface area contributed by atoms with Crippen LogP contribution >= 0.6 is 0 Å². The maximum absolute atomic E-state index is 14.1. The monoisotopic (exact) mass is 305 g/mol. The molecule has 22 heavy (non-hydrogen) atoms. The second-order valence-electron chi connectivity index (χ2n) is 5.52. The van der Waals surface area contributed by atoms with Crippen LogP contribution in [0.25, 0.3) is 0 Å². The lowest BCUT2D eigenvalue weighted by Gasteiger charge is -2.28. The van der Waals surface area contributed by atoms with Crippen molar-refractivity contribution in [2.75, 3.05) is 29.4 Å². The number of carbonyl (C=O) groups is 3. The highest BCUT2D eigenvalue weighted by Crippen LogP contribution is 2.30. The summed E-state index contributed by atoms with van der Waals surface area (Å²) < 4.78 is 14.1. The zero-order valence-electron chi connectivity index (χ0n) is 11.9. The minimum atomic E-state index is -0.612. The van der Waals surface area contributed by atoms with Crippen molar-refractivity contribution in [3.8, 4) is 0 Å². The predicted molar refractivity (Wildman–Crippen MR) is 78.3 cm³/mol. The smallest absolute Gasteiger partial charge is 0.328 e. The van der Waals surface area contributed by atoms with E-state index < -0.39 is 11.8 Å². The van der Waals surface area contributed by atoms with Crippen LogP contribution in [0.1, 0.15) is 12.8 Å². The minimum absolute atomic E-state index is 0.00981. The van der Waals surface area contributed by atoms with Gasteiger partial charge in [0.15, 0.2) is 0 Å². The molecule has 0 radical (unpaired) electrons. The van der Waals surface area contributed by atoms with Gasteiger partial charge in [-0.2, -0.15) is 0 Å². The standard InChI is InChI=1S/C15H16FN3O3/c16-12-2-1-11(18-5-3-10(8-18)9-20)7-13(12)19-6-4-14(21)17-15(19)22/h1-2,7,9-10H,3-6,8H2,(H,17,21,22). The summed E-state index contributed by atoms with van der Waals surface area (Å²) in [6.07, 6.45) is 1.86. The molecule has 2 aliphatic rings. The number of nitrogens with one attached hydrogen (secondary N) is 1. The molecule has 3 amide bonds. The molecule has 0 saturated carbocycles. The number of rotatable bonds is 3. The summed E-state index contributed by atoms with van der Waals surface area (Å²) in [5.41, 5.74) is 0.919. The summed E-state index contributed by atoms with van der Waals surface area (Å²) in [6.45, 7) is 1.47. The highest BCUT2D eigenvalue weighted by molar-refractivity contribution is 6.05. The van der Waals surface area contributed by atoms with Gasteiger partial charge in [-0.25, -0.2) is 9.18 Å². The Bertz CT molecular complexity index is 634. The van der Waals surface area contributed by atoms with E-state index >= 15 is 0 Å². The van der Waals surface area contributed by atoms with Crippen LogP contribution in [0.2, 0.25) is 0 Å². The molecule has 2 saturated heterocycles. The summed E-state index contributed by atoms with van der Waals surface area (Å²) in [5.74, 6) is -0.880. The number of imide groups is 1. The predicted octanol–water partition coefficient (Wildman–Crippen LogP) is 1.30. The van der Waals surface area contributed by atoms with Crippen molar-refractivity contribution in [2.24, 2.45) is 5.92 Å². The number of halogens is 1. The fraction of sp³-hybridized carbons (Fsp3) is 0.400. The van der Waals surface area contributed by atoms with Crippen LogP contribution in [0.5, 0.6) is 0 Å². The maximum atomic E-state index is 14.1. The SMILES string of the molecule is O=CC1CCN(c2ccc(F)c(N3CCC(=O)NC3=O)c2)C1. The highest BCUT2D eigenvalue weighted by atomic mass is 19.1. The van der Waals surface area contributed by atoms with Gasteiger partial charge >= 0.3 is 6.03 Å². The zero-order valence-corrected chi connectivity index (χ0v) is 11.9. The van der Waals surface area contributed by atoms with Crippen molar-refractivity contribution in [1.82, 2.24) is 5.32 Å². The van der Waals surface area contributed by atoms with Crippen LogP contribution < -0.4 is 15.1 Å². The third-order valence-electron chi connectivity index (χ3n) is 4.06. The molecule has 2 aliphatic heterocycles. The zero-order chi connectivity index (χ0) is 15.7. The van der Waals surface area contributed by atoms with Crippen LogP contribution in [-0.4, -0.2) is 37.9 Å². The van der Waals surface area contributed by atoms with Gasteiger partial charge in [-0.1, -0.05) is 0 Å². The third kappa shape index (κ3) is 2.66. The van der Waals surface area contributed by atoms with Gasteiger partial charge in [-0.3, -0.25) is 15.0 Å². The van der Waals surface area contributed by atoms with Crippen LogP contribution in [-0.2, 0) is 9.59 Å². The molecule has 2 fully saturated rings. The Morgan fingerprint density at radius 1 is 1.27 bits per heavy atom. The number of urea groups is 1. The number of nitrogens with zero attached hydrogens (tertiary/aromatic N) is 2. The topological polar surface area (TPSA) is 69.7 Å². The molecule has 3 rings (SSSR count). The van der Waals surface area contributed by atoms with Gasteiger partial charge in [0.2, 0.25) is 5.91 Å². The summed E-state index contributed by atoms with van der Waals surface area (Å²) in [5, 5.41) is 2.18. The molecule has 116 valence electrons. The largest absolute Gasteiger partial charge is 0.371 e. The first-order valence-corrected chi connectivity index (χ1v) is 7.19. The first-order chi connectivity index (χ1) is 10.6. The van der Waals surface area contributed by atoms with E-state index in [9.17, 15) is 18.8 Å². The van der Waals surface area contributed by atoms with Gasteiger partial charge < -0.3 is 9.69 Å². The summed E-state index contributed by atoms with van der Waals surface area (Å²) in [7, 11) is 0. The first-order valence-electron chi connectivity index (χ1n) is 7.19. The van der Waals surface area contributed by atoms with E-state index in [4.69, 9.17) is 0 Å². The number of hydrogen-bond donors (Lipinski definition) is 1. The minimum Gasteiger partial charge on any atom is -0.371 e. The van der Waals surface area contributed by atoms with Crippen molar-refractivity contribution in [3.63, 3.8) is 0 Å². The molecule has 0 bridgehead atoms. The Labute approximate surface area is 126 Å². The lowest BCUT2D eigenvalue weighted by atomic mass is 10.1. The van der Waals surface area contributed by atoms with Gasteiger partial charge in [0.1, 0.15) is 12.1 Å². The van der Waals surface area contributed by atoms with E-state index in [1.54, 1.807) is 12.1 Å². The van der Waals surface area contributed by atoms with Crippen LogP contribution in [0.4, 0.5) is 20.6 Å². The van der Waals surface area contributed by atoms with E-state index in [-0.39, 0.29) is 30.5 Å². The number of anilines is 2.